The molecule has 2 heterocycles. The van der Waals surface area contributed by atoms with Gasteiger partial charge in [-0.2, -0.15) is 13.2 Å². The van der Waals surface area contributed by atoms with Gasteiger partial charge in [0.25, 0.3) is 0 Å². The molecule has 2 unspecified atom stereocenters. The third kappa shape index (κ3) is 6.83. The second kappa shape index (κ2) is 10.3. The molecule has 2 atom stereocenters. The maximum Gasteiger partial charge on any atom is 0.416 e. The van der Waals surface area contributed by atoms with Crippen LogP contribution in [0.5, 0.6) is 0 Å². The van der Waals surface area contributed by atoms with E-state index < -0.39 is 29.5 Å². The summed E-state index contributed by atoms with van der Waals surface area (Å²) in [5.74, 6) is -0.288. The number of likely N-dealkylation sites (tertiary alicyclic amines) is 1. The molecule has 10 heteroatoms. The van der Waals surface area contributed by atoms with Crippen LogP contribution in [0.2, 0.25) is 0 Å². The number of hydrogen-bond donors (Lipinski definition) is 1. The van der Waals surface area contributed by atoms with Gasteiger partial charge in [-0.25, -0.2) is 4.79 Å². The van der Waals surface area contributed by atoms with Gasteiger partial charge < -0.3 is 14.8 Å². The third-order valence-corrected chi connectivity index (χ3v) is 5.76. The second-order valence-electron chi connectivity index (χ2n) is 9.36. The molecule has 2 amide bonds. The lowest BCUT2D eigenvalue weighted by atomic mass is 10.0. The van der Waals surface area contributed by atoms with Crippen LogP contribution in [0.3, 0.4) is 0 Å². The Labute approximate surface area is 192 Å². The van der Waals surface area contributed by atoms with Crippen LogP contribution in [0.1, 0.15) is 50.8 Å². The summed E-state index contributed by atoms with van der Waals surface area (Å²) >= 11 is 0. The number of amides is 2. The molecular formula is C23H32F3N3O4. The first kappa shape index (κ1) is 25.3. The van der Waals surface area contributed by atoms with Crippen molar-refractivity contribution < 1.29 is 32.2 Å². The number of hydrogen-bond acceptors (Lipinski definition) is 5. The first-order valence-corrected chi connectivity index (χ1v) is 11.2. The maximum absolute atomic E-state index is 13.0. The molecule has 0 aromatic heterocycles. The van der Waals surface area contributed by atoms with Crippen LogP contribution in [0.15, 0.2) is 24.3 Å². The molecule has 1 aromatic carbocycles. The van der Waals surface area contributed by atoms with Crippen LogP contribution in [0, 0.1) is 0 Å². The number of morpholine rings is 1. The predicted octanol–water partition coefficient (Wildman–Crippen LogP) is 3.59. The highest BCUT2D eigenvalue weighted by Crippen LogP contribution is 2.31. The van der Waals surface area contributed by atoms with Gasteiger partial charge in [0.05, 0.1) is 24.8 Å². The van der Waals surface area contributed by atoms with Gasteiger partial charge in [0.1, 0.15) is 11.6 Å². The van der Waals surface area contributed by atoms with Crippen molar-refractivity contribution in [1.29, 1.82) is 0 Å². The number of rotatable bonds is 5. The minimum atomic E-state index is -4.41. The van der Waals surface area contributed by atoms with Crippen molar-refractivity contribution in [2.75, 3.05) is 39.4 Å². The minimum absolute atomic E-state index is 0.211. The molecule has 2 fully saturated rings. The predicted molar refractivity (Wildman–Crippen MR) is 116 cm³/mol. The molecule has 2 aliphatic heterocycles. The van der Waals surface area contributed by atoms with Crippen molar-refractivity contribution >= 4 is 12.0 Å². The van der Waals surface area contributed by atoms with Crippen molar-refractivity contribution in [2.24, 2.45) is 0 Å². The van der Waals surface area contributed by atoms with Gasteiger partial charge in [-0.15, -0.1) is 0 Å². The van der Waals surface area contributed by atoms with Gasteiger partial charge in [0.2, 0.25) is 5.91 Å². The van der Waals surface area contributed by atoms with Crippen LogP contribution < -0.4 is 5.32 Å². The molecule has 3 rings (SSSR count). The molecule has 0 radical (unpaired) electrons. The van der Waals surface area contributed by atoms with E-state index in [2.05, 4.69) is 10.2 Å². The summed E-state index contributed by atoms with van der Waals surface area (Å²) in [5, 5.41) is 2.92. The van der Waals surface area contributed by atoms with E-state index in [-0.39, 0.29) is 18.5 Å². The smallest absolute Gasteiger partial charge is 0.416 e. The van der Waals surface area contributed by atoms with E-state index in [4.69, 9.17) is 9.47 Å². The van der Waals surface area contributed by atoms with Crippen LogP contribution in [-0.2, 0) is 20.4 Å². The van der Waals surface area contributed by atoms with Gasteiger partial charge >= 0.3 is 12.3 Å². The number of nitrogens with one attached hydrogen (secondary N) is 1. The van der Waals surface area contributed by atoms with Crippen LogP contribution >= 0.6 is 0 Å². The summed E-state index contributed by atoms with van der Waals surface area (Å²) in [6.07, 6.45) is -3.70. The number of carbonyl (C=O) groups is 2. The van der Waals surface area contributed by atoms with Crippen LogP contribution in [0.4, 0.5) is 18.0 Å². The van der Waals surface area contributed by atoms with Gasteiger partial charge in [0, 0.05) is 26.2 Å². The Balaban J connectivity index is 1.70. The Bertz CT molecular complexity index is 818. The molecule has 184 valence electrons. The van der Waals surface area contributed by atoms with Gasteiger partial charge in [-0.1, -0.05) is 12.1 Å². The quantitative estimate of drug-likeness (QED) is 0.711. The second-order valence-corrected chi connectivity index (χ2v) is 9.36. The molecular weight excluding hydrogens is 439 g/mol. The van der Waals surface area contributed by atoms with E-state index in [1.807, 2.05) is 0 Å². The fraction of sp³-hybridized carbons (Fsp3) is 0.652. The monoisotopic (exact) mass is 471 g/mol. The highest BCUT2D eigenvalue weighted by Gasteiger charge is 2.37. The van der Waals surface area contributed by atoms with Gasteiger partial charge in [-0.3, -0.25) is 14.6 Å². The summed E-state index contributed by atoms with van der Waals surface area (Å²) in [4.78, 5) is 29.0. The van der Waals surface area contributed by atoms with E-state index in [1.165, 1.54) is 17.0 Å². The minimum Gasteiger partial charge on any atom is -0.444 e. The normalized spacial score (nSPS) is 21.0. The Kier molecular flexibility index (Phi) is 7.89. The van der Waals surface area contributed by atoms with E-state index in [1.54, 1.807) is 20.8 Å². The first-order valence-electron chi connectivity index (χ1n) is 11.2. The van der Waals surface area contributed by atoms with E-state index >= 15 is 0 Å². The standard InChI is InChI=1S/C23H32F3N3O4/c1-22(2,3)33-21(31)29-10-4-5-18(29)20(30)27-15-19(28-11-13-32-14-12-28)16-6-8-17(9-7-16)23(24,25)26/h6-9,18-19H,4-5,10-15H2,1-3H3,(H,27,30). The largest absolute Gasteiger partial charge is 0.444 e. The molecule has 33 heavy (non-hydrogen) atoms. The average molecular weight is 472 g/mol. The zero-order chi connectivity index (χ0) is 24.2. The van der Waals surface area contributed by atoms with E-state index in [0.29, 0.717) is 51.3 Å². The summed E-state index contributed by atoms with van der Waals surface area (Å²) in [7, 11) is 0. The number of carbonyl (C=O) groups excluding carboxylic acids is 2. The topological polar surface area (TPSA) is 71.1 Å². The fourth-order valence-electron chi connectivity index (χ4n) is 4.13. The van der Waals surface area contributed by atoms with E-state index in [0.717, 1.165) is 12.1 Å². The Hall–Kier alpha value is -2.33. The highest BCUT2D eigenvalue weighted by atomic mass is 19.4. The van der Waals surface area contributed by atoms with Crippen molar-refractivity contribution in [1.82, 2.24) is 15.1 Å². The van der Waals surface area contributed by atoms with Crippen LogP contribution in [0.25, 0.3) is 0 Å². The summed E-state index contributed by atoms with van der Waals surface area (Å²) in [6, 6.07) is 4.10. The Morgan fingerprint density at radius 1 is 1.12 bits per heavy atom. The summed E-state index contributed by atoms with van der Waals surface area (Å²) in [5.41, 5.74) is -0.694. The van der Waals surface area contributed by atoms with Crippen LogP contribution in [-0.4, -0.2) is 72.8 Å². The zero-order valence-corrected chi connectivity index (χ0v) is 19.3. The molecule has 0 saturated carbocycles. The summed E-state index contributed by atoms with van der Waals surface area (Å²) in [6.45, 7) is 8.21. The summed E-state index contributed by atoms with van der Waals surface area (Å²) < 4.78 is 49.8. The molecule has 2 saturated heterocycles. The highest BCUT2D eigenvalue weighted by molar-refractivity contribution is 5.86. The number of ether oxygens (including phenoxy) is 2. The number of nitrogens with zero attached hydrogens (tertiary/aromatic N) is 2. The van der Waals surface area contributed by atoms with Crippen molar-refractivity contribution in [3.63, 3.8) is 0 Å². The number of halogens is 3. The maximum atomic E-state index is 13.0. The van der Waals surface area contributed by atoms with Gasteiger partial charge in [-0.05, 0) is 51.3 Å². The molecule has 0 aliphatic carbocycles. The van der Waals surface area contributed by atoms with E-state index in [9.17, 15) is 22.8 Å². The molecule has 0 bridgehead atoms. The third-order valence-electron chi connectivity index (χ3n) is 5.76. The first-order chi connectivity index (χ1) is 15.5. The number of alkyl halides is 3. The molecule has 2 aliphatic rings. The Morgan fingerprint density at radius 3 is 2.33 bits per heavy atom. The fourth-order valence-corrected chi connectivity index (χ4v) is 4.13. The lowest BCUT2D eigenvalue weighted by Crippen LogP contribution is -2.50. The Morgan fingerprint density at radius 2 is 1.76 bits per heavy atom. The SMILES string of the molecule is CC(C)(C)OC(=O)N1CCCC1C(=O)NCC(c1ccc(C(F)(F)F)cc1)N1CCOCC1. The molecule has 1 N–H and O–H groups in total. The van der Waals surface area contributed by atoms with Crippen molar-refractivity contribution in [3.05, 3.63) is 35.4 Å². The molecule has 7 nitrogen and oxygen atoms in total. The van der Waals surface area contributed by atoms with Crippen molar-refractivity contribution in [2.45, 2.75) is 57.5 Å². The number of benzene rings is 1. The van der Waals surface area contributed by atoms with Gasteiger partial charge in [0.15, 0.2) is 0 Å². The lowest BCUT2D eigenvalue weighted by molar-refractivity contribution is -0.137. The molecule has 1 aromatic rings. The van der Waals surface area contributed by atoms with Crippen molar-refractivity contribution in [3.8, 4) is 0 Å². The lowest BCUT2D eigenvalue weighted by Gasteiger charge is -2.35. The molecule has 0 spiro atoms. The average Bonchev–Trinajstić information content (AvgIpc) is 3.23. The zero-order valence-electron chi connectivity index (χ0n) is 19.3.